The smallest absolute Gasteiger partial charge is 0.261 e. The highest BCUT2D eigenvalue weighted by molar-refractivity contribution is 9.10. The van der Waals surface area contributed by atoms with E-state index in [4.69, 9.17) is 4.84 Å². The van der Waals surface area contributed by atoms with E-state index in [2.05, 4.69) is 15.9 Å². The number of carbonyl (C=O) groups is 2. The highest BCUT2D eigenvalue weighted by Gasteiger charge is 2.59. The van der Waals surface area contributed by atoms with Gasteiger partial charge in [0.2, 0.25) is 5.91 Å². The molecule has 0 aromatic heterocycles. The van der Waals surface area contributed by atoms with Crippen LogP contribution in [-0.4, -0.2) is 29.4 Å². The lowest BCUT2D eigenvalue weighted by molar-refractivity contribution is -0.142. The summed E-state index contributed by atoms with van der Waals surface area (Å²) in [6.45, 7) is 2.17. The van der Waals surface area contributed by atoms with Gasteiger partial charge in [-0.3, -0.25) is 19.3 Å². The highest BCUT2D eigenvalue weighted by Crippen LogP contribution is 2.46. The van der Waals surface area contributed by atoms with Crippen LogP contribution in [0.1, 0.15) is 18.5 Å². The molecule has 5 nitrogen and oxygen atoms in total. The van der Waals surface area contributed by atoms with Crippen LogP contribution in [0.25, 0.3) is 0 Å². The third-order valence-corrected chi connectivity index (χ3v) is 5.22. The fraction of sp³-hybridized carbons (Fsp3) is 0.263. The molecule has 2 amide bonds. The van der Waals surface area contributed by atoms with Crippen LogP contribution in [0.3, 0.4) is 0 Å². The molecule has 128 valence electrons. The van der Waals surface area contributed by atoms with Crippen molar-refractivity contribution < 1.29 is 14.4 Å². The fourth-order valence-corrected chi connectivity index (χ4v) is 4.03. The fourth-order valence-electron chi connectivity index (χ4n) is 3.61. The lowest BCUT2D eigenvalue weighted by atomic mass is 9.90. The SMILES string of the molecule is CCN1C(=O)[C@H]2[C@@H](c3cccc(Br)c3)N(c3ccccc3)O[C@H]2C1=O. The summed E-state index contributed by atoms with van der Waals surface area (Å²) in [5.74, 6) is -0.959. The van der Waals surface area contributed by atoms with Crippen LogP contribution in [0, 0.1) is 5.92 Å². The molecule has 3 atom stereocenters. The first-order valence-electron chi connectivity index (χ1n) is 8.23. The van der Waals surface area contributed by atoms with E-state index in [0.717, 1.165) is 15.7 Å². The summed E-state index contributed by atoms with van der Waals surface area (Å²) in [5.41, 5.74) is 1.76. The summed E-state index contributed by atoms with van der Waals surface area (Å²) in [6.07, 6.45) is -0.767. The third kappa shape index (κ3) is 2.56. The standard InChI is InChI=1S/C19H17BrN2O3/c1-2-21-18(23)15-16(12-7-6-8-13(20)11-12)22(25-17(15)19(21)24)14-9-4-3-5-10-14/h3-11,15-17H,2H2,1H3/t15-,16+,17+/m0/s1. The van der Waals surface area contributed by atoms with Crippen molar-refractivity contribution in [3.05, 3.63) is 64.6 Å². The van der Waals surface area contributed by atoms with E-state index >= 15 is 0 Å². The molecule has 0 unspecified atom stereocenters. The number of hydroxylamine groups is 1. The molecule has 0 bridgehead atoms. The molecule has 0 spiro atoms. The van der Waals surface area contributed by atoms with Crippen molar-refractivity contribution in [2.45, 2.75) is 19.1 Å². The molecule has 2 aliphatic rings. The quantitative estimate of drug-likeness (QED) is 0.741. The minimum atomic E-state index is -0.767. The molecule has 25 heavy (non-hydrogen) atoms. The zero-order valence-electron chi connectivity index (χ0n) is 13.6. The van der Waals surface area contributed by atoms with Crippen LogP contribution in [0.5, 0.6) is 0 Å². The number of rotatable bonds is 3. The van der Waals surface area contributed by atoms with E-state index in [0.29, 0.717) is 6.54 Å². The van der Waals surface area contributed by atoms with Crippen LogP contribution >= 0.6 is 15.9 Å². The maximum atomic E-state index is 12.9. The van der Waals surface area contributed by atoms with E-state index in [1.54, 1.807) is 12.0 Å². The molecule has 2 aromatic rings. The van der Waals surface area contributed by atoms with Gasteiger partial charge in [-0.15, -0.1) is 0 Å². The Kier molecular flexibility index (Phi) is 4.09. The van der Waals surface area contributed by atoms with E-state index in [-0.39, 0.29) is 17.9 Å². The molecule has 0 aliphatic carbocycles. The van der Waals surface area contributed by atoms with Gasteiger partial charge in [0, 0.05) is 11.0 Å². The van der Waals surface area contributed by atoms with Crippen LogP contribution in [-0.2, 0) is 14.4 Å². The van der Waals surface area contributed by atoms with Gasteiger partial charge in [0.15, 0.2) is 6.10 Å². The minimum absolute atomic E-state index is 0.166. The summed E-state index contributed by atoms with van der Waals surface area (Å²) < 4.78 is 0.922. The van der Waals surface area contributed by atoms with Gasteiger partial charge >= 0.3 is 0 Å². The summed E-state index contributed by atoms with van der Waals surface area (Å²) in [7, 11) is 0. The summed E-state index contributed by atoms with van der Waals surface area (Å²) in [6, 6.07) is 17.0. The zero-order valence-corrected chi connectivity index (χ0v) is 15.2. The molecule has 2 saturated heterocycles. The molecular weight excluding hydrogens is 384 g/mol. The van der Waals surface area contributed by atoms with Crippen LogP contribution in [0.2, 0.25) is 0 Å². The number of likely N-dealkylation sites (N-methyl/N-ethyl adjacent to an activating group) is 1. The van der Waals surface area contributed by atoms with E-state index in [1.807, 2.05) is 54.6 Å². The van der Waals surface area contributed by atoms with Crippen molar-refractivity contribution in [3.8, 4) is 0 Å². The molecule has 2 aliphatic heterocycles. The van der Waals surface area contributed by atoms with Crippen molar-refractivity contribution >= 4 is 33.4 Å². The number of imide groups is 1. The maximum absolute atomic E-state index is 12.9. The number of para-hydroxylation sites is 1. The number of amides is 2. The van der Waals surface area contributed by atoms with Gasteiger partial charge in [-0.05, 0) is 36.8 Å². The third-order valence-electron chi connectivity index (χ3n) is 4.72. The number of halogens is 1. The first-order valence-corrected chi connectivity index (χ1v) is 9.03. The summed E-state index contributed by atoms with van der Waals surface area (Å²) >= 11 is 3.49. The molecule has 2 heterocycles. The average molecular weight is 401 g/mol. The first kappa shape index (κ1) is 16.3. The number of likely N-dealkylation sites (tertiary alicyclic amines) is 1. The lowest BCUT2D eigenvalue weighted by Gasteiger charge is -2.28. The minimum Gasteiger partial charge on any atom is -0.280 e. The van der Waals surface area contributed by atoms with Gasteiger partial charge in [-0.1, -0.05) is 46.3 Å². The van der Waals surface area contributed by atoms with Gasteiger partial charge in [0.05, 0.1) is 11.7 Å². The molecule has 2 aromatic carbocycles. The Morgan fingerprint density at radius 3 is 2.48 bits per heavy atom. The lowest BCUT2D eigenvalue weighted by Crippen LogP contribution is -2.37. The molecule has 0 radical (unpaired) electrons. The monoisotopic (exact) mass is 400 g/mol. The van der Waals surface area contributed by atoms with Gasteiger partial charge < -0.3 is 0 Å². The van der Waals surface area contributed by atoms with Gasteiger partial charge in [-0.25, -0.2) is 5.06 Å². The van der Waals surface area contributed by atoms with Crippen molar-refractivity contribution in [1.29, 1.82) is 0 Å². The average Bonchev–Trinajstić information content (AvgIpc) is 3.12. The summed E-state index contributed by atoms with van der Waals surface area (Å²) in [4.78, 5) is 32.7. The number of nitrogens with zero attached hydrogens (tertiary/aromatic N) is 2. The number of carbonyl (C=O) groups excluding carboxylic acids is 2. The number of anilines is 1. The van der Waals surface area contributed by atoms with Crippen LogP contribution in [0.15, 0.2) is 59.1 Å². The second-order valence-electron chi connectivity index (χ2n) is 6.13. The van der Waals surface area contributed by atoms with Crippen LogP contribution in [0.4, 0.5) is 5.69 Å². The zero-order chi connectivity index (χ0) is 17.6. The molecule has 2 fully saturated rings. The van der Waals surface area contributed by atoms with E-state index < -0.39 is 12.0 Å². The molecular formula is C19H17BrN2O3. The van der Waals surface area contributed by atoms with Crippen molar-refractivity contribution in [2.24, 2.45) is 5.92 Å². The van der Waals surface area contributed by atoms with E-state index in [1.165, 1.54) is 4.90 Å². The topological polar surface area (TPSA) is 49.9 Å². The Bertz CT molecular complexity index is 826. The highest BCUT2D eigenvalue weighted by atomic mass is 79.9. The van der Waals surface area contributed by atoms with Crippen molar-refractivity contribution in [1.82, 2.24) is 4.90 Å². The Morgan fingerprint density at radius 1 is 1.04 bits per heavy atom. The molecule has 6 heteroatoms. The van der Waals surface area contributed by atoms with Gasteiger partial charge in [-0.2, -0.15) is 0 Å². The maximum Gasteiger partial charge on any atom is 0.261 e. The van der Waals surface area contributed by atoms with Crippen molar-refractivity contribution in [3.63, 3.8) is 0 Å². The second kappa shape index (κ2) is 6.28. The van der Waals surface area contributed by atoms with Gasteiger partial charge in [0.25, 0.3) is 5.91 Å². The van der Waals surface area contributed by atoms with Gasteiger partial charge in [0.1, 0.15) is 5.92 Å². The van der Waals surface area contributed by atoms with Crippen LogP contribution < -0.4 is 5.06 Å². The number of fused-ring (bicyclic) bond motifs is 1. The Balaban J connectivity index is 1.82. The number of benzene rings is 2. The first-order chi connectivity index (χ1) is 12.1. The summed E-state index contributed by atoms with van der Waals surface area (Å²) in [5, 5.41) is 1.71. The normalized spacial score (nSPS) is 25.6. The Hall–Kier alpha value is -2.18. The Morgan fingerprint density at radius 2 is 1.80 bits per heavy atom. The molecule has 0 N–H and O–H groups in total. The predicted octanol–water partition coefficient (Wildman–Crippen LogP) is 3.32. The number of hydrogen-bond acceptors (Lipinski definition) is 4. The molecule has 0 saturated carbocycles. The Labute approximate surface area is 154 Å². The van der Waals surface area contributed by atoms with E-state index in [9.17, 15) is 9.59 Å². The number of hydrogen-bond donors (Lipinski definition) is 0. The largest absolute Gasteiger partial charge is 0.280 e. The second-order valence-corrected chi connectivity index (χ2v) is 7.05. The predicted molar refractivity (Wildman–Crippen MR) is 96.6 cm³/mol. The molecule has 4 rings (SSSR count). The van der Waals surface area contributed by atoms with Crippen molar-refractivity contribution in [2.75, 3.05) is 11.6 Å².